The molecule has 0 N–H and O–H groups in total. The number of carbonyl (C=O) groups is 1. The van der Waals surface area contributed by atoms with Crippen LogP contribution in [0.2, 0.25) is 0 Å². The lowest BCUT2D eigenvalue weighted by Crippen LogP contribution is -2.30. The fourth-order valence-corrected chi connectivity index (χ4v) is 3.02. The van der Waals surface area contributed by atoms with Crippen molar-refractivity contribution in [3.05, 3.63) is 29.7 Å². The van der Waals surface area contributed by atoms with Crippen molar-refractivity contribution in [2.75, 3.05) is 13.7 Å². The number of methoxy groups -OCH3 is 1. The molecule has 1 saturated heterocycles. The summed E-state index contributed by atoms with van der Waals surface area (Å²) in [5.74, 6) is 0.407. The first-order chi connectivity index (χ1) is 10.1. The van der Waals surface area contributed by atoms with E-state index in [4.69, 9.17) is 4.74 Å². The maximum Gasteiger partial charge on any atom is 0.341 e. The SMILES string of the molecule is COC(=O)c1cccn2nc(C3CCCN3C(C)C)nc12. The van der Waals surface area contributed by atoms with Gasteiger partial charge in [-0.3, -0.25) is 4.90 Å². The number of esters is 1. The van der Waals surface area contributed by atoms with Gasteiger partial charge in [0.1, 0.15) is 5.56 Å². The molecule has 0 radical (unpaired) electrons. The molecule has 21 heavy (non-hydrogen) atoms. The van der Waals surface area contributed by atoms with Crippen LogP contribution in [0.1, 0.15) is 48.9 Å². The Balaban J connectivity index is 2.03. The molecule has 6 heteroatoms. The molecule has 1 unspecified atom stereocenters. The lowest BCUT2D eigenvalue weighted by molar-refractivity contribution is 0.0602. The molecule has 1 aliphatic heterocycles. The van der Waals surface area contributed by atoms with E-state index in [-0.39, 0.29) is 12.0 Å². The third-order valence-electron chi connectivity index (χ3n) is 4.04. The number of hydrogen-bond donors (Lipinski definition) is 0. The number of fused-ring (bicyclic) bond motifs is 1. The van der Waals surface area contributed by atoms with Crippen LogP contribution in [-0.2, 0) is 4.74 Å². The van der Waals surface area contributed by atoms with E-state index in [0.29, 0.717) is 17.3 Å². The van der Waals surface area contributed by atoms with Gasteiger partial charge in [-0.1, -0.05) is 0 Å². The highest BCUT2D eigenvalue weighted by Crippen LogP contribution is 2.32. The van der Waals surface area contributed by atoms with Gasteiger partial charge >= 0.3 is 5.97 Å². The van der Waals surface area contributed by atoms with Crippen LogP contribution in [0.15, 0.2) is 18.3 Å². The monoisotopic (exact) mass is 288 g/mol. The number of aromatic nitrogens is 3. The summed E-state index contributed by atoms with van der Waals surface area (Å²) in [5, 5.41) is 4.56. The lowest BCUT2D eigenvalue weighted by atomic mass is 10.2. The van der Waals surface area contributed by atoms with E-state index in [1.165, 1.54) is 7.11 Å². The maximum atomic E-state index is 11.8. The Morgan fingerprint density at radius 2 is 2.29 bits per heavy atom. The van der Waals surface area contributed by atoms with Crippen LogP contribution in [0, 0.1) is 0 Å². The highest BCUT2D eigenvalue weighted by atomic mass is 16.5. The average Bonchev–Trinajstić information content (AvgIpc) is 3.11. The summed E-state index contributed by atoms with van der Waals surface area (Å²) in [5.41, 5.74) is 1.02. The maximum absolute atomic E-state index is 11.8. The molecule has 0 spiro atoms. The van der Waals surface area contributed by atoms with Crippen molar-refractivity contribution in [2.24, 2.45) is 0 Å². The second-order valence-electron chi connectivity index (χ2n) is 5.64. The molecule has 0 amide bonds. The molecular formula is C15H20N4O2. The number of nitrogens with zero attached hydrogens (tertiary/aromatic N) is 4. The van der Waals surface area contributed by atoms with E-state index >= 15 is 0 Å². The van der Waals surface area contributed by atoms with Crippen LogP contribution >= 0.6 is 0 Å². The standard InChI is InChI=1S/C15H20N4O2/c1-10(2)18-8-5-7-12(18)13-16-14-11(15(20)21-3)6-4-9-19(14)17-13/h4,6,9-10,12H,5,7-8H2,1-3H3. The minimum Gasteiger partial charge on any atom is -0.465 e. The van der Waals surface area contributed by atoms with E-state index in [0.717, 1.165) is 25.2 Å². The van der Waals surface area contributed by atoms with Crippen molar-refractivity contribution in [1.82, 2.24) is 19.5 Å². The van der Waals surface area contributed by atoms with E-state index in [1.807, 2.05) is 6.20 Å². The van der Waals surface area contributed by atoms with Crippen molar-refractivity contribution in [1.29, 1.82) is 0 Å². The first kappa shape index (κ1) is 14.0. The summed E-state index contributed by atoms with van der Waals surface area (Å²) in [6.45, 7) is 5.45. The van der Waals surface area contributed by atoms with Crippen LogP contribution in [-0.4, -0.2) is 45.2 Å². The second-order valence-corrected chi connectivity index (χ2v) is 5.64. The number of hydrogen-bond acceptors (Lipinski definition) is 5. The Labute approximate surface area is 123 Å². The normalized spacial score (nSPS) is 19.5. The molecule has 1 fully saturated rings. The highest BCUT2D eigenvalue weighted by Gasteiger charge is 2.31. The Morgan fingerprint density at radius 1 is 1.48 bits per heavy atom. The highest BCUT2D eigenvalue weighted by molar-refractivity contribution is 5.95. The number of rotatable bonds is 3. The molecule has 1 aliphatic rings. The Hall–Kier alpha value is -1.95. The van der Waals surface area contributed by atoms with Crippen LogP contribution in [0.5, 0.6) is 0 Å². The molecule has 0 aliphatic carbocycles. The molecule has 3 rings (SSSR count). The van der Waals surface area contributed by atoms with Crippen molar-refractivity contribution in [3.8, 4) is 0 Å². The van der Waals surface area contributed by atoms with Crippen LogP contribution in [0.25, 0.3) is 5.65 Å². The van der Waals surface area contributed by atoms with Crippen LogP contribution in [0.3, 0.4) is 0 Å². The van der Waals surface area contributed by atoms with Crippen molar-refractivity contribution >= 4 is 11.6 Å². The molecule has 112 valence electrons. The van der Waals surface area contributed by atoms with Gasteiger partial charge in [0, 0.05) is 12.2 Å². The van der Waals surface area contributed by atoms with Gasteiger partial charge in [-0.15, -0.1) is 5.10 Å². The van der Waals surface area contributed by atoms with Gasteiger partial charge in [0.25, 0.3) is 0 Å². The molecule has 2 aromatic rings. The van der Waals surface area contributed by atoms with Crippen LogP contribution < -0.4 is 0 Å². The fraction of sp³-hybridized carbons (Fsp3) is 0.533. The number of pyridine rings is 1. The zero-order chi connectivity index (χ0) is 15.0. The molecule has 1 atom stereocenters. The number of likely N-dealkylation sites (tertiary alicyclic amines) is 1. The smallest absolute Gasteiger partial charge is 0.341 e. The molecule has 6 nitrogen and oxygen atoms in total. The fourth-order valence-electron chi connectivity index (χ4n) is 3.02. The van der Waals surface area contributed by atoms with E-state index in [9.17, 15) is 4.79 Å². The zero-order valence-electron chi connectivity index (χ0n) is 12.6. The van der Waals surface area contributed by atoms with Gasteiger partial charge in [0.15, 0.2) is 11.5 Å². The largest absolute Gasteiger partial charge is 0.465 e. The van der Waals surface area contributed by atoms with Gasteiger partial charge in [0.05, 0.1) is 13.2 Å². The molecule has 0 bridgehead atoms. The Kier molecular flexibility index (Phi) is 3.63. The van der Waals surface area contributed by atoms with Gasteiger partial charge in [-0.05, 0) is 45.4 Å². The zero-order valence-corrected chi connectivity index (χ0v) is 12.6. The quantitative estimate of drug-likeness (QED) is 0.809. The summed E-state index contributed by atoms with van der Waals surface area (Å²) >= 11 is 0. The summed E-state index contributed by atoms with van der Waals surface area (Å²) in [6, 6.07) is 4.20. The minimum atomic E-state index is -0.383. The lowest BCUT2D eigenvalue weighted by Gasteiger charge is -2.25. The van der Waals surface area contributed by atoms with Crippen molar-refractivity contribution in [3.63, 3.8) is 0 Å². The average molecular weight is 288 g/mol. The minimum absolute atomic E-state index is 0.232. The topological polar surface area (TPSA) is 59.7 Å². The second kappa shape index (κ2) is 5.44. The van der Waals surface area contributed by atoms with Gasteiger partial charge in [-0.25, -0.2) is 14.3 Å². The van der Waals surface area contributed by atoms with E-state index in [1.54, 1.807) is 16.6 Å². The van der Waals surface area contributed by atoms with E-state index < -0.39 is 0 Å². The predicted molar refractivity (Wildman–Crippen MR) is 78.1 cm³/mol. The Morgan fingerprint density at radius 3 is 3.00 bits per heavy atom. The molecule has 2 aromatic heterocycles. The summed E-state index contributed by atoms with van der Waals surface area (Å²) in [7, 11) is 1.38. The van der Waals surface area contributed by atoms with E-state index in [2.05, 4.69) is 28.8 Å². The summed E-state index contributed by atoms with van der Waals surface area (Å²) in [6.07, 6.45) is 4.03. The third kappa shape index (κ3) is 2.40. The van der Waals surface area contributed by atoms with Crippen molar-refractivity contribution < 1.29 is 9.53 Å². The molecule has 0 saturated carbocycles. The van der Waals surface area contributed by atoms with Gasteiger partial charge < -0.3 is 4.74 Å². The molecule has 3 heterocycles. The third-order valence-corrected chi connectivity index (χ3v) is 4.04. The van der Waals surface area contributed by atoms with Crippen molar-refractivity contribution in [2.45, 2.75) is 38.8 Å². The first-order valence-electron chi connectivity index (χ1n) is 7.31. The Bertz CT molecular complexity index is 665. The van der Waals surface area contributed by atoms with Crippen LogP contribution in [0.4, 0.5) is 0 Å². The predicted octanol–water partition coefficient (Wildman–Crippen LogP) is 2.06. The summed E-state index contributed by atoms with van der Waals surface area (Å²) in [4.78, 5) is 18.8. The summed E-state index contributed by atoms with van der Waals surface area (Å²) < 4.78 is 6.47. The van der Waals surface area contributed by atoms with Gasteiger partial charge in [0.2, 0.25) is 0 Å². The molecular weight excluding hydrogens is 268 g/mol. The number of carbonyl (C=O) groups excluding carboxylic acids is 1. The number of ether oxygens (including phenoxy) is 1. The first-order valence-corrected chi connectivity index (χ1v) is 7.31. The molecule has 0 aromatic carbocycles. The van der Waals surface area contributed by atoms with Gasteiger partial charge in [-0.2, -0.15) is 0 Å².